The van der Waals surface area contributed by atoms with Crippen LogP contribution < -0.4 is 0 Å². The van der Waals surface area contributed by atoms with Crippen LogP contribution in [0.25, 0.3) is 0 Å². The van der Waals surface area contributed by atoms with Gasteiger partial charge in [-0.05, 0) is 49.9 Å². The molecule has 6 atom stereocenters. The number of carbonyl (C=O) groups is 1. The molecule has 5 aliphatic rings. The summed E-state index contributed by atoms with van der Waals surface area (Å²) in [7, 11) is 0. The van der Waals surface area contributed by atoms with Crippen molar-refractivity contribution in [2.24, 2.45) is 29.1 Å². The van der Waals surface area contributed by atoms with Crippen molar-refractivity contribution in [2.75, 3.05) is 13.2 Å². The van der Waals surface area contributed by atoms with Gasteiger partial charge in [-0.1, -0.05) is 18.6 Å². The van der Waals surface area contributed by atoms with Crippen molar-refractivity contribution in [1.29, 1.82) is 0 Å². The molecule has 4 heteroatoms. The highest BCUT2D eigenvalue weighted by Crippen LogP contribution is 2.62. The van der Waals surface area contributed by atoms with Crippen LogP contribution in [0, 0.1) is 29.1 Å². The topological polar surface area (TPSA) is 55.8 Å². The third kappa shape index (κ3) is 2.20. The number of Topliss-reactive ketones (excluding diaryl/α,β-unsaturated/α-hetero) is 1. The van der Waals surface area contributed by atoms with Crippen LogP contribution in [0.15, 0.2) is 11.6 Å². The van der Waals surface area contributed by atoms with Gasteiger partial charge >= 0.3 is 0 Å². The standard InChI is InChI=1S/C21H30O4/c1-2-20-12-17(22)19-14-7-8-21(24-9-10-25-21)11-13(14)3-4-15(19)16(20)5-6-18(20)23/h3,14-16,18-19,23H,2,4-12H2,1H3/t14?,15?,16?,18?,19?,20-/m0/s1. The fourth-order valence-corrected chi connectivity index (χ4v) is 7.19. The number of rotatable bonds is 1. The molecule has 25 heavy (non-hydrogen) atoms. The van der Waals surface area contributed by atoms with E-state index in [9.17, 15) is 9.90 Å². The van der Waals surface area contributed by atoms with Gasteiger partial charge in [-0.15, -0.1) is 0 Å². The van der Waals surface area contributed by atoms with E-state index in [1.807, 2.05) is 0 Å². The highest BCUT2D eigenvalue weighted by Gasteiger charge is 2.60. The first-order chi connectivity index (χ1) is 12.1. The maximum atomic E-state index is 13.2. The van der Waals surface area contributed by atoms with Crippen molar-refractivity contribution in [3.05, 3.63) is 11.6 Å². The van der Waals surface area contributed by atoms with Crippen LogP contribution in [0.1, 0.15) is 58.3 Å². The lowest BCUT2D eigenvalue weighted by atomic mass is 9.51. The zero-order valence-electron chi connectivity index (χ0n) is 15.2. The van der Waals surface area contributed by atoms with E-state index < -0.39 is 5.79 Å². The minimum atomic E-state index is -0.399. The van der Waals surface area contributed by atoms with Crippen molar-refractivity contribution in [2.45, 2.75) is 70.2 Å². The number of allylic oxidation sites excluding steroid dienone is 1. The van der Waals surface area contributed by atoms with Gasteiger partial charge in [0.15, 0.2) is 5.79 Å². The zero-order chi connectivity index (χ0) is 17.2. The Morgan fingerprint density at radius 1 is 1.20 bits per heavy atom. The smallest absolute Gasteiger partial charge is 0.172 e. The number of ether oxygens (including phenoxy) is 2. The summed E-state index contributed by atoms with van der Waals surface area (Å²) >= 11 is 0. The van der Waals surface area contributed by atoms with Crippen LogP contribution in [0.4, 0.5) is 0 Å². The summed E-state index contributed by atoms with van der Waals surface area (Å²) < 4.78 is 11.9. The van der Waals surface area contributed by atoms with Gasteiger partial charge in [0.05, 0.1) is 19.3 Å². The van der Waals surface area contributed by atoms with Crippen LogP contribution in [-0.2, 0) is 14.3 Å². The minimum Gasteiger partial charge on any atom is -0.393 e. The molecule has 138 valence electrons. The molecule has 4 fully saturated rings. The summed E-state index contributed by atoms with van der Waals surface area (Å²) in [6, 6.07) is 0. The van der Waals surface area contributed by atoms with Crippen molar-refractivity contribution < 1.29 is 19.4 Å². The van der Waals surface area contributed by atoms with Crippen molar-refractivity contribution >= 4 is 5.78 Å². The number of fused-ring (bicyclic) bond motifs is 5. The molecule has 0 amide bonds. The van der Waals surface area contributed by atoms with Crippen molar-refractivity contribution in [3.63, 3.8) is 0 Å². The maximum absolute atomic E-state index is 13.2. The highest BCUT2D eigenvalue weighted by molar-refractivity contribution is 5.84. The lowest BCUT2D eigenvalue weighted by Crippen LogP contribution is -2.53. The second-order valence-electron chi connectivity index (χ2n) is 9.06. The van der Waals surface area contributed by atoms with Gasteiger partial charge in [0.25, 0.3) is 0 Å². The molecule has 3 saturated carbocycles. The molecular formula is C21H30O4. The Balaban J connectivity index is 1.46. The summed E-state index contributed by atoms with van der Waals surface area (Å²) in [5.74, 6) is 1.54. The monoisotopic (exact) mass is 346 g/mol. The van der Waals surface area contributed by atoms with E-state index in [1.165, 1.54) is 5.57 Å². The van der Waals surface area contributed by atoms with E-state index in [1.54, 1.807) is 0 Å². The van der Waals surface area contributed by atoms with E-state index >= 15 is 0 Å². The average molecular weight is 346 g/mol. The Kier molecular flexibility index (Phi) is 3.71. The Labute approximate surface area is 150 Å². The van der Waals surface area contributed by atoms with Gasteiger partial charge in [-0.2, -0.15) is 0 Å². The van der Waals surface area contributed by atoms with Gasteiger partial charge in [0.1, 0.15) is 5.78 Å². The number of carbonyl (C=O) groups excluding carboxylic acids is 1. The predicted octanol–water partition coefficient (Wildman–Crippen LogP) is 3.23. The lowest BCUT2D eigenvalue weighted by molar-refractivity contribution is -0.178. The molecule has 4 nitrogen and oxygen atoms in total. The van der Waals surface area contributed by atoms with Gasteiger partial charge in [-0.3, -0.25) is 4.79 Å². The SMILES string of the molecule is CC[C@]12CC(=O)C3C4CCC5(CC4=CCC3C1CCC2O)OCCO5. The van der Waals surface area contributed by atoms with E-state index in [4.69, 9.17) is 9.47 Å². The molecule has 0 aromatic heterocycles. The number of aliphatic hydroxyl groups is 1. The second kappa shape index (κ2) is 5.64. The molecule has 1 aliphatic heterocycles. The quantitative estimate of drug-likeness (QED) is 0.741. The fraction of sp³-hybridized carbons (Fsp3) is 0.857. The number of hydrogen-bond acceptors (Lipinski definition) is 4. The van der Waals surface area contributed by atoms with Crippen LogP contribution in [0.2, 0.25) is 0 Å². The van der Waals surface area contributed by atoms with Crippen LogP contribution in [0.3, 0.4) is 0 Å². The van der Waals surface area contributed by atoms with Crippen LogP contribution in [-0.4, -0.2) is 36.0 Å². The largest absolute Gasteiger partial charge is 0.393 e. The Hall–Kier alpha value is -0.710. The summed E-state index contributed by atoms with van der Waals surface area (Å²) in [5, 5.41) is 10.7. The Bertz CT molecular complexity index is 605. The summed E-state index contributed by atoms with van der Waals surface area (Å²) in [5.41, 5.74) is 1.27. The average Bonchev–Trinajstić information content (AvgIpc) is 3.20. The molecule has 1 N–H and O–H groups in total. The second-order valence-corrected chi connectivity index (χ2v) is 9.06. The maximum Gasteiger partial charge on any atom is 0.172 e. The number of ketones is 1. The molecule has 0 bridgehead atoms. The van der Waals surface area contributed by atoms with Crippen molar-refractivity contribution in [1.82, 2.24) is 0 Å². The van der Waals surface area contributed by atoms with Crippen molar-refractivity contribution in [3.8, 4) is 0 Å². The van der Waals surface area contributed by atoms with Crippen LogP contribution >= 0.6 is 0 Å². The normalized spacial score (nSPS) is 48.0. The molecule has 1 heterocycles. The molecule has 5 unspecified atom stereocenters. The Morgan fingerprint density at radius 3 is 2.76 bits per heavy atom. The van der Waals surface area contributed by atoms with E-state index in [-0.39, 0.29) is 17.4 Å². The van der Waals surface area contributed by atoms with Gasteiger partial charge in [-0.25, -0.2) is 0 Å². The van der Waals surface area contributed by atoms with E-state index in [0.717, 1.165) is 44.9 Å². The molecule has 0 aromatic carbocycles. The van der Waals surface area contributed by atoms with E-state index in [2.05, 4.69) is 13.0 Å². The summed E-state index contributed by atoms with van der Waals surface area (Å²) in [4.78, 5) is 13.2. The summed E-state index contributed by atoms with van der Waals surface area (Å²) in [6.07, 6.45) is 9.38. The molecule has 1 saturated heterocycles. The molecule has 5 rings (SSSR count). The first kappa shape index (κ1) is 16.5. The minimum absolute atomic E-state index is 0.142. The first-order valence-corrected chi connectivity index (χ1v) is 10.3. The first-order valence-electron chi connectivity index (χ1n) is 10.3. The fourth-order valence-electron chi connectivity index (χ4n) is 7.19. The lowest BCUT2D eigenvalue weighted by Gasteiger charge is -2.53. The number of aliphatic hydroxyl groups excluding tert-OH is 1. The molecule has 4 aliphatic carbocycles. The van der Waals surface area contributed by atoms with Gasteiger partial charge in [0, 0.05) is 30.6 Å². The number of hydrogen-bond donors (Lipinski definition) is 1. The molecule has 0 radical (unpaired) electrons. The zero-order valence-corrected chi connectivity index (χ0v) is 15.2. The summed E-state index contributed by atoms with van der Waals surface area (Å²) in [6.45, 7) is 3.56. The Morgan fingerprint density at radius 2 is 2.00 bits per heavy atom. The third-order valence-electron chi connectivity index (χ3n) is 8.35. The molecular weight excluding hydrogens is 316 g/mol. The third-order valence-corrected chi connectivity index (χ3v) is 8.35. The molecule has 1 spiro atoms. The van der Waals surface area contributed by atoms with Gasteiger partial charge in [0.2, 0.25) is 0 Å². The highest BCUT2D eigenvalue weighted by atomic mass is 16.7. The van der Waals surface area contributed by atoms with Crippen LogP contribution in [0.5, 0.6) is 0 Å². The van der Waals surface area contributed by atoms with Gasteiger partial charge < -0.3 is 14.6 Å². The predicted molar refractivity (Wildman–Crippen MR) is 92.7 cm³/mol. The van der Waals surface area contributed by atoms with E-state index in [0.29, 0.717) is 43.2 Å². The molecule has 0 aromatic rings.